The van der Waals surface area contributed by atoms with E-state index in [1.165, 1.54) is 6.07 Å². The maximum atomic E-state index is 14.5. The summed E-state index contributed by atoms with van der Waals surface area (Å²) in [5, 5.41) is 15.8. The van der Waals surface area contributed by atoms with Crippen molar-refractivity contribution in [3.63, 3.8) is 0 Å². The topological polar surface area (TPSA) is 99.4 Å². The lowest BCUT2D eigenvalue weighted by Crippen LogP contribution is -2.43. The molecule has 2 N–H and O–H groups in total. The molecule has 34 heavy (non-hydrogen) atoms. The van der Waals surface area contributed by atoms with Crippen LogP contribution in [0.15, 0.2) is 41.5 Å². The Labute approximate surface area is 195 Å². The first-order chi connectivity index (χ1) is 16.2. The second-order valence-corrected chi connectivity index (χ2v) is 8.86. The van der Waals surface area contributed by atoms with Gasteiger partial charge in [0.25, 0.3) is 0 Å². The Morgan fingerprint density at radius 3 is 2.79 bits per heavy atom. The molecule has 8 nitrogen and oxygen atoms in total. The number of benzene rings is 1. The van der Waals surface area contributed by atoms with E-state index in [0.29, 0.717) is 45.8 Å². The van der Waals surface area contributed by atoms with Crippen LogP contribution in [0.25, 0.3) is 22.2 Å². The lowest BCUT2D eigenvalue weighted by Gasteiger charge is -2.30. The third-order valence-corrected chi connectivity index (χ3v) is 6.20. The van der Waals surface area contributed by atoms with Gasteiger partial charge in [-0.25, -0.2) is 9.38 Å². The zero-order valence-electron chi connectivity index (χ0n) is 19.4. The van der Waals surface area contributed by atoms with Crippen LogP contribution in [0, 0.1) is 12.7 Å². The Hall–Kier alpha value is -4.01. The minimum atomic E-state index is -0.355. The lowest BCUT2D eigenvalue weighted by molar-refractivity contribution is -0.136. The molecule has 0 bridgehead atoms. The summed E-state index contributed by atoms with van der Waals surface area (Å²) in [6.45, 7) is 8.24. The molecule has 174 valence electrons. The van der Waals surface area contributed by atoms with Crippen molar-refractivity contribution in [2.45, 2.75) is 46.8 Å². The number of nitrogens with one attached hydrogen (secondary N) is 1. The summed E-state index contributed by atoms with van der Waals surface area (Å²) in [7, 11) is 0. The fourth-order valence-electron chi connectivity index (χ4n) is 4.48. The number of aromatic hydroxyl groups is 1. The first kappa shape index (κ1) is 21.8. The van der Waals surface area contributed by atoms with Gasteiger partial charge in [0, 0.05) is 23.1 Å². The first-order valence-electron chi connectivity index (χ1n) is 11.1. The summed E-state index contributed by atoms with van der Waals surface area (Å²) in [6.07, 6.45) is 1.58. The van der Waals surface area contributed by atoms with Gasteiger partial charge >= 0.3 is 0 Å². The monoisotopic (exact) mass is 460 g/mol. The number of fused-ring (bicyclic) bond motifs is 2. The highest BCUT2D eigenvalue weighted by molar-refractivity contribution is 6.13. The Balaban J connectivity index is 1.55. The Bertz CT molecular complexity index is 1450. The van der Waals surface area contributed by atoms with Crippen LogP contribution < -0.4 is 0 Å². The summed E-state index contributed by atoms with van der Waals surface area (Å²) >= 11 is 0. The number of carbonyl (C=O) groups is 1. The van der Waals surface area contributed by atoms with Gasteiger partial charge in [0.2, 0.25) is 5.91 Å². The fourth-order valence-corrected chi connectivity index (χ4v) is 4.48. The van der Waals surface area contributed by atoms with Gasteiger partial charge in [-0.05, 0) is 45.4 Å². The van der Waals surface area contributed by atoms with Crippen LogP contribution in [0.5, 0.6) is 5.88 Å². The van der Waals surface area contributed by atoms with Crippen molar-refractivity contribution in [2.75, 3.05) is 0 Å². The van der Waals surface area contributed by atoms with Crippen molar-refractivity contribution < 1.29 is 14.3 Å². The Morgan fingerprint density at radius 1 is 1.26 bits per heavy atom. The molecule has 4 aromatic rings. The predicted octanol–water partition coefficient (Wildman–Crippen LogP) is 4.47. The van der Waals surface area contributed by atoms with Gasteiger partial charge in [-0.2, -0.15) is 5.10 Å². The number of hydrogen-bond acceptors (Lipinski definition) is 5. The number of rotatable bonds is 4. The van der Waals surface area contributed by atoms with Crippen LogP contribution in [0.4, 0.5) is 10.2 Å². The number of halogens is 1. The highest BCUT2D eigenvalue weighted by atomic mass is 19.1. The average molecular weight is 461 g/mol. The normalized spacial score (nSPS) is 14.4. The molecule has 3 aromatic heterocycles. The number of aryl methyl sites for hydroxylation is 1. The Kier molecular flexibility index (Phi) is 5.19. The van der Waals surface area contributed by atoms with Gasteiger partial charge in [-0.15, -0.1) is 0 Å². The standard InChI is InChI=1S/C25H25FN6O2/c1-13(2)31-11-16-8-21(30-32(16)12-22(31)33)28-15(4)24-17-9-19(27-10-20(17)29-25(24)34)23-14(3)6-5-7-18(23)26/h5-10,13,29,34H,11-12H2,1-4H3. The van der Waals surface area contributed by atoms with E-state index < -0.39 is 0 Å². The number of aliphatic imine (C=N–C) groups is 1. The summed E-state index contributed by atoms with van der Waals surface area (Å²) in [5.74, 6) is 0.0761. The van der Waals surface area contributed by atoms with E-state index in [-0.39, 0.29) is 30.2 Å². The first-order valence-corrected chi connectivity index (χ1v) is 11.1. The molecule has 1 amide bonds. The maximum Gasteiger partial charge on any atom is 0.244 e. The van der Waals surface area contributed by atoms with Crippen molar-refractivity contribution in [1.29, 1.82) is 0 Å². The number of nitrogens with zero attached hydrogens (tertiary/aromatic N) is 5. The molecule has 0 atom stereocenters. The molecule has 1 aliphatic rings. The molecule has 5 rings (SSSR count). The quantitative estimate of drug-likeness (QED) is 0.439. The van der Waals surface area contributed by atoms with Gasteiger partial charge in [-0.1, -0.05) is 12.1 Å². The van der Waals surface area contributed by atoms with Crippen molar-refractivity contribution >= 4 is 28.3 Å². The molecule has 0 fully saturated rings. The van der Waals surface area contributed by atoms with Gasteiger partial charge in [0.1, 0.15) is 12.4 Å². The smallest absolute Gasteiger partial charge is 0.244 e. The third kappa shape index (κ3) is 3.63. The second kappa shape index (κ2) is 8.09. The largest absolute Gasteiger partial charge is 0.494 e. The number of amides is 1. The summed E-state index contributed by atoms with van der Waals surface area (Å²) < 4.78 is 16.2. The molecule has 1 aromatic carbocycles. The van der Waals surface area contributed by atoms with Gasteiger partial charge < -0.3 is 15.0 Å². The fraction of sp³-hybridized carbons (Fsp3) is 0.280. The molecule has 4 heterocycles. The molecular weight excluding hydrogens is 435 g/mol. The maximum absolute atomic E-state index is 14.5. The molecule has 1 aliphatic heterocycles. The van der Waals surface area contributed by atoms with E-state index in [1.807, 2.05) is 37.8 Å². The predicted molar refractivity (Wildman–Crippen MR) is 128 cm³/mol. The number of pyridine rings is 1. The van der Waals surface area contributed by atoms with Crippen LogP contribution in [0.2, 0.25) is 0 Å². The van der Waals surface area contributed by atoms with Crippen LogP contribution in [0.3, 0.4) is 0 Å². The minimum absolute atomic E-state index is 0.0237. The lowest BCUT2D eigenvalue weighted by atomic mass is 10.0. The second-order valence-electron chi connectivity index (χ2n) is 8.86. The average Bonchev–Trinajstić information content (AvgIpc) is 3.31. The molecule has 0 aliphatic carbocycles. The van der Waals surface area contributed by atoms with Crippen molar-refractivity contribution in [2.24, 2.45) is 4.99 Å². The van der Waals surface area contributed by atoms with Crippen LogP contribution >= 0.6 is 0 Å². The summed E-state index contributed by atoms with van der Waals surface area (Å²) in [6, 6.07) is 8.61. The van der Waals surface area contributed by atoms with Gasteiger partial charge in [0.15, 0.2) is 11.7 Å². The number of hydrogen-bond donors (Lipinski definition) is 2. The van der Waals surface area contributed by atoms with Crippen molar-refractivity contribution in [1.82, 2.24) is 24.6 Å². The van der Waals surface area contributed by atoms with Crippen LogP contribution in [-0.2, 0) is 17.9 Å². The van der Waals surface area contributed by atoms with Gasteiger partial charge in [0.05, 0.1) is 40.9 Å². The van der Waals surface area contributed by atoms with Gasteiger partial charge in [-0.3, -0.25) is 14.5 Å². The number of carbonyl (C=O) groups excluding carboxylic acids is 1. The molecule has 9 heteroatoms. The van der Waals surface area contributed by atoms with E-state index in [2.05, 4.69) is 20.1 Å². The van der Waals surface area contributed by atoms with E-state index in [1.54, 1.807) is 29.9 Å². The van der Waals surface area contributed by atoms with Crippen molar-refractivity contribution in [3.8, 4) is 17.1 Å². The van der Waals surface area contributed by atoms with Crippen LogP contribution in [0.1, 0.15) is 37.6 Å². The van der Waals surface area contributed by atoms with E-state index in [4.69, 9.17) is 0 Å². The third-order valence-electron chi connectivity index (χ3n) is 6.20. The van der Waals surface area contributed by atoms with E-state index >= 15 is 0 Å². The van der Waals surface area contributed by atoms with Crippen molar-refractivity contribution in [3.05, 3.63) is 59.2 Å². The Morgan fingerprint density at radius 2 is 2.06 bits per heavy atom. The van der Waals surface area contributed by atoms with Crippen LogP contribution in [-0.4, -0.2) is 47.4 Å². The SMILES string of the molecule is CC(=Nc1cc2n(n1)CC(=O)N(C(C)C)C2)c1c(O)[nH]c2cnc(-c3c(C)cccc3F)cc12. The number of aromatic amines is 1. The van der Waals surface area contributed by atoms with E-state index in [0.717, 1.165) is 11.3 Å². The number of H-pyrrole nitrogens is 1. The number of aromatic nitrogens is 4. The zero-order valence-corrected chi connectivity index (χ0v) is 19.4. The highest BCUT2D eigenvalue weighted by Gasteiger charge is 2.26. The molecule has 0 spiro atoms. The molecule has 0 saturated heterocycles. The highest BCUT2D eigenvalue weighted by Crippen LogP contribution is 2.33. The molecule has 0 unspecified atom stereocenters. The molecular formula is C25H25FN6O2. The molecule has 0 radical (unpaired) electrons. The van der Waals surface area contributed by atoms with E-state index in [9.17, 15) is 14.3 Å². The zero-order chi connectivity index (χ0) is 24.1. The summed E-state index contributed by atoms with van der Waals surface area (Å²) in [4.78, 5) is 26.1. The summed E-state index contributed by atoms with van der Waals surface area (Å²) in [5.41, 5.74) is 4.22. The minimum Gasteiger partial charge on any atom is -0.494 e. The molecule has 0 saturated carbocycles.